The summed E-state index contributed by atoms with van der Waals surface area (Å²) < 4.78 is 6.10. The molecule has 182 valence electrons. The summed E-state index contributed by atoms with van der Waals surface area (Å²) in [7, 11) is 0. The van der Waals surface area contributed by atoms with Crippen LogP contribution in [0.25, 0.3) is 0 Å². The number of hydrogen-bond donors (Lipinski definition) is 1. The Bertz CT molecular complexity index is 1300. The molecule has 9 nitrogen and oxygen atoms in total. The van der Waals surface area contributed by atoms with Gasteiger partial charge in [0, 0.05) is 11.5 Å². The molecule has 1 saturated heterocycles. The molecule has 1 unspecified atom stereocenters. The summed E-state index contributed by atoms with van der Waals surface area (Å²) in [6.07, 6.45) is 4.67. The molecule has 3 heterocycles. The van der Waals surface area contributed by atoms with Gasteiger partial charge in [-0.05, 0) is 21.9 Å². The van der Waals surface area contributed by atoms with Crippen molar-refractivity contribution < 1.29 is 14.3 Å². The molecule has 1 aromatic heterocycles. The fraction of sp³-hybridized carbons (Fsp3) is 0.240. The van der Waals surface area contributed by atoms with Crippen LogP contribution in [0.4, 0.5) is 0 Å². The van der Waals surface area contributed by atoms with Crippen molar-refractivity contribution in [2.45, 2.75) is 29.2 Å². The number of carbonyl (C=O) groups excluding carboxylic acids is 2. The third kappa shape index (κ3) is 4.75. The number of esters is 1. The minimum Gasteiger partial charge on any atom is -0.448 e. The van der Waals surface area contributed by atoms with Crippen molar-refractivity contribution in [2.75, 3.05) is 11.5 Å². The number of ether oxygens (including phenoxy) is 1. The molecule has 1 amide bonds. The maximum absolute atomic E-state index is 13.7. The summed E-state index contributed by atoms with van der Waals surface area (Å²) in [5, 5.41) is 12.3. The lowest BCUT2D eigenvalue weighted by molar-refractivity contribution is -0.153. The molecule has 2 N–H and O–H groups in total. The average Bonchev–Trinajstić information content (AvgIpc) is 3.38. The van der Waals surface area contributed by atoms with Crippen LogP contribution in [0.2, 0.25) is 0 Å². The quantitative estimate of drug-likeness (QED) is 0.207. The summed E-state index contributed by atoms with van der Waals surface area (Å²) in [5.41, 5.74) is 8.68. The van der Waals surface area contributed by atoms with Crippen LogP contribution in [-0.4, -0.2) is 59.9 Å². The van der Waals surface area contributed by atoms with Gasteiger partial charge in [0.25, 0.3) is 0 Å². The Kier molecular flexibility index (Phi) is 7.09. The van der Waals surface area contributed by atoms with E-state index in [0.29, 0.717) is 16.7 Å². The predicted octanol–water partition coefficient (Wildman–Crippen LogP) is 2.23. The lowest BCUT2D eigenvalue weighted by atomic mass is 10.0. The number of fused-ring (bicyclic) bond motifs is 1. The molecular formula is C25H22N6O3S2. The summed E-state index contributed by atoms with van der Waals surface area (Å²) >= 11 is 2.84. The van der Waals surface area contributed by atoms with E-state index in [9.17, 15) is 9.59 Å². The number of rotatable bonds is 8. The minimum atomic E-state index is -0.642. The second-order valence-corrected chi connectivity index (χ2v) is 10.1. The van der Waals surface area contributed by atoms with Crippen molar-refractivity contribution in [1.29, 1.82) is 0 Å². The number of benzene rings is 2. The number of aromatic nitrogens is 4. The maximum atomic E-state index is 13.7. The van der Waals surface area contributed by atoms with Crippen LogP contribution in [-0.2, 0) is 20.9 Å². The molecule has 11 heteroatoms. The van der Waals surface area contributed by atoms with E-state index in [1.165, 1.54) is 33.2 Å². The smallest absolute Gasteiger partial charge is 0.356 e. The fourth-order valence-electron chi connectivity index (χ4n) is 4.01. The van der Waals surface area contributed by atoms with Crippen molar-refractivity contribution in [3.8, 4) is 12.3 Å². The lowest BCUT2D eigenvalue weighted by Crippen LogP contribution is -2.68. The number of thioether (sulfide) groups is 2. The number of terminal acetylenes is 1. The molecule has 0 spiro atoms. The van der Waals surface area contributed by atoms with E-state index in [1.807, 2.05) is 60.7 Å². The van der Waals surface area contributed by atoms with E-state index in [-0.39, 0.29) is 23.5 Å². The van der Waals surface area contributed by atoms with Crippen molar-refractivity contribution in [1.82, 2.24) is 25.1 Å². The van der Waals surface area contributed by atoms with Crippen molar-refractivity contribution in [3.05, 3.63) is 83.1 Å². The molecule has 0 saturated carbocycles. The Balaban J connectivity index is 1.44. The summed E-state index contributed by atoms with van der Waals surface area (Å²) in [6.45, 7) is 0.214. The van der Waals surface area contributed by atoms with Gasteiger partial charge in [0.1, 0.15) is 23.7 Å². The highest BCUT2D eigenvalue weighted by atomic mass is 32.2. The van der Waals surface area contributed by atoms with E-state index in [4.69, 9.17) is 16.9 Å². The number of nitrogens with zero attached hydrogens (tertiary/aromatic N) is 5. The second-order valence-electron chi connectivity index (χ2n) is 8.09. The normalized spacial score (nSPS) is 19.0. The first-order valence-corrected chi connectivity index (χ1v) is 13.2. The first-order chi connectivity index (χ1) is 17.6. The summed E-state index contributed by atoms with van der Waals surface area (Å²) in [4.78, 5) is 29.2. The molecule has 1 fully saturated rings. The Morgan fingerprint density at radius 2 is 1.86 bits per heavy atom. The van der Waals surface area contributed by atoms with Crippen molar-refractivity contribution >= 4 is 35.4 Å². The van der Waals surface area contributed by atoms with Crippen LogP contribution >= 0.6 is 23.5 Å². The van der Waals surface area contributed by atoms with Gasteiger partial charge in [-0.15, -0.1) is 28.4 Å². The number of hydrogen-bond acceptors (Lipinski definition) is 9. The van der Waals surface area contributed by atoms with Crippen LogP contribution in [0, 0.1) is 12.3 Å². The maximum Gasteiger partial charge on any atom is 0.356 e. The highest BCUT2D eigenvalue weighted by molar-refractivity contribution is 8.01. The summed E-state index contributed by atoms with van der Waals surface area (Å²) in [6, 6.07) is 18.4. The Morgan fingerprint density at radius 3 is 2.50 bits per heavy atom. The zero-order valence-electron chi connectivity index (χ0n) is 19.1. The molecule has 0 radical (unpaired) electrons. The molecule has 0 bridgehead atoms. The van der Waals surface area contributed by atoms with Crippen LogP contribution in [0.15, 0.2) is 77.1 Å². The first-order valence-electron chi connectivity index (χ1n) is 11.1. The summed E-state index contributed by atoms with van der Waals surface area (Å²) in [5.74, 6) is 2.50. The van der Waals surface area contributed by atoms with Crippen molar-refractivity contribution in [2.24, 2.45) is 5.73 Å². The van der Waals surface area contributed by atoms with Gasteiger partial charge < -0.3 is 10.5 Å². The van der Waals surface area contributed by atoms with Gasteiger partial charge in [-0.25, -0.2) is 4.79 Å². The third-order valence-electron chi connectivity index (χ3n) is 5.75. The SMILES string of the molecule is C#CCn1nnc(SCC2=C(C(=O)OC(c3ccccc3)c3ccccc3)N3C(=O)C(N)[C@@H]3SC2)n1. The topological polar surface area (TPSA) is 116 Å². The second kappa shape index (κ2) is 10.6. The number of tetrazole rings is 1. The molecule has 2 aliphatic heterocycles. The van der Waals surface area contributed by atoms with Gasteiger partial charge in [-0.1, -0.05) is 78.3 Å². The van der Waals surface area contributed by atoms with Gasteiger partial charge in [0.05, 0.1) is 0 Å². The zero-order chi connectivity index (χ0) is 25.1. The minimum absolute atomic E-state index is 0.214. The number of amides is 1. The van der Waals surface area contributed by atoms with Gasteiger partial charge in [-0.2, -0.15) is 4.80 Å². The molecule has 0 aliphatic carbocycles. The van der Waals surface area contributed by atoms with E-state index in [1.54, 1.807) is 0 Å². The number of nitrogens with two attached hydrogens (primary N) is 1. The highest BCUT2D eigenvalue weighted by Gasteiger charge is 2.52. The molecular weight excluding hydrogens is 496 g/mol. The number of β-lactam (4-membered cyclic amide) rings is 1. The Hall–Kier alpha value is -3.59. The largest absolute Gasteiger partial charge is 0.448 e. The highest BCUT2D eigenvalue weighted by Crippen LogP contribution is 2.41. The van der Waals surface area contributed by atoms with E-state index < -0.39 is 18.1 Å². The van der Waals surface area contributed by atoms with Gasteiger partial charge >= 0.3 is 5.97 Å². The number of carbonyl (C=O) groups is 2. The molecule has 2 aliphatic rings. The predicted molar refractivity (Wildman–Crippen MR) is 136 cm³/mol. The van der Waals surface area contributed by atoms with Gasteiger partial charge in [0.15, 0.2) is 6.10 Å². The standard InChI is InChI=1S/C25H22N6O3S2/c1-2-13-30-28-25(27-29-30)36-15-18-14-35-23-19(26)22(32)31(23)20(18)24(33)34-21(16-9-5-3-6-10-16)17-11-7-4-8-12-17/h1,3-12,19,21,23H,13-15,26H2/t19?,23-/m0/s1. The van der Waals surface area contributed by atoms with E-state index in [0.717, 1.165) is 16.7 Å². The van der Waals surface area contributed by atoms with Gasteiger partial charge in [0.2, 0.25) is 11.1 Å². The molecule has 36 heavy (non-hydrogen) atoms. The molecule has 3 aromatic rings. The average molecular weight is 519 g/mol. The van der Waals surface area contributed by atoms with E-state index in [2.05, 4.69) is 21.3 Å². The molecule has 2 atom stereocenters. The monoisotopic (exact) mass is 518 g/mol. The van der Waals surface area contributed by atoms with Crippen molar-refractivity contribution in [3.63, 3.8) is 0 Å². The zero-order valence-corrected chi connectivity index (χ0v) is 20.7. The third-order valence-corrected chi connectivity index (χ3v) is 8.03. The Labute approximate surface area is 216 Å². The van der Waals surface area contributed by atoms with Gasteiger partial charge in [-0.3, -0.25) is 9.69 Å². The molecule has 2 aromatic carbocycles. The van der Waals surface area contributed by atoms with E-state index >= 15 is 0 Å². The Morgan fingerprint density at radius 1 is 1.19 bits per heavy atom. The van der Waals surface area contributed by atoms with Crippen LogP contribution in [0.1, 0.15) is 17.2 Å². The van der Waals surface area contributed by atoms with Crippen LogP contribution in [0.5, 0.6) is 0 Å². The van der Waals surface area contributed by atoms with Crippen LogP contribution in [0.3, 0.4) is 0 Å². The fourth-order valence-corrected chi connectivity index (χ4v) is 6.22. The first kappa shape index (κ1) is 24.1. The lowest BCUT2D eigenvalue weighted by Gasteiger charge is -2.48. The van der Waals surface area contributed by atoms with Crippen LogP contribution < -0.4 is 5.73 Å². The molecule has 5 rings (SSSR count).